The maximum atomic E-state index is 6.77. The average molecular weight is 620 g/mol. The molecular formula is C43H26ClN3. The van der Waals surface area contributed by atoms with Crippen LogP contribution in [0, 0.1) is 0 Å². The first-order valence-corrected chi connectivity index (χ1v) is 16.0. The molecule has 0 bridgehead atoms. The minimum absolute atomic E-state index is 0.153. The number of halogens is 1. The molecule has 0 saturated heterocycles. The minimum atomic E-state index is 0.153. The second-order valence-corrected chi connectivity index (χ2v) is 12.1. The molecule has 0 atom stereocenters. The maximum absolute atomic E-state index is 6.77. The summed E-state index contributed by atoms with van der Waals surface area (Å²) < 4.78 is 0. The molecule has 8 aromatic carbocycles. The van der Waals surface area contributed by atoms with E-state index in [1.807, 2.05) is 6.07 Å². The van der Waals surface area contributed by atoms with Gasteiger partial charge in [-0.1, -0.05) is 152 Å². The van der Waals surface area contributed by atoms with Crippen molar-refractivity contribution in [2.75, 3.05) is 0 Å². The van der Waals surface area contributed by atoms with Crippen molar-refractivity contribution in [2.24, 2.45) is 0 Å². The van der Waals surface area contributed by atoms with Gasteiger partial charge in [0.05, 0.1) is 0 Å². The normalized spacial score (nSPS) is 11.5. The third kappa shape index (κ3) is 4.63. The molecule has 0 unspecified atom stereocenters. The monoisotopic (exact) mass is 619 g/mol. The molecule has 9 aromatic rings. The highest BCUT2D eigenvalue weighted by molar-refractivity contribution is 6.28. The molecule has 0 amide bonds. The van der Waals surface area contributed by atoms with Crippen LogP contribution in [-0.2, 0) is 0 Å². The summed E-state index contributed by atoms with van der Waals surface area (Å²) >= 11 is 6.77. The molecule has 220 valence electrons. The first kappa shape index (κ1) is 27.4. The number of aromatic nitrogens is 3. The summed E-state index contributed by atoms with van der Waals surface area (Å²) in [5.41, 5.74) is 6.14. The van der Waals surface area contributed by atoms with Crippen LogP contribution < -0.4 is 0 Å². The molecule has 0 aliphatic heterocycles. The molecule has 9 rings (SSSR count). The Kier molecular flexibility index (Phi) is 6.51. The van der Waals surface area contributed by atoms with Crippen LogP contribution >= 0.6 is 11.6 Å². The van der Waals surface area contributed by atoms with Crippen molar-refractivity contribution in [1.29, 1.82) is 0 Å². The summed E-state index contributed by atoms with van der Waals surface area (Å²) in [4.78, 5) is 14.6. The van der Waals surface area contributed by atoms with Gasteiger partial charge in [0.2, 0.25) is 5.28 Å². The molecule has 1 aromatic heterocycles. The summed E-state index contributed by atoms with van der Waals surface area (Å²) in [7, 11) is 0. The van der Waals surface area contributed by atoms with E-state index in [0.717, 1.165) is 38.8 Å². The third-order valence-electron chi connectivity index (χ3n) is 9.08. The lowest BCUT2D eigenvalue weighted by Gasteiger charge is -2.17. The molecule has 0 saturated carbocycles. The summed E-state index contributed by atoms with van der Waals surface area (Å²) in [6.45, 7) is 0. The zero-order valence-corrected chi connectivity index (χ0v) is 26.0. The molecule has 0 aliphatic carbocycles. The molecule has 0 radical (unpaired) electrons. The molecule has 47 heavy (non-hydrogen) atoms. The van der Waals surface area contributed by atoms with Gasteiger partial charge < -0.3 is 0 Å². The molecule has 3 nitrogen and oxygen atoms in total. The van der Waals surface area contributed by atoms with E-state index >= 15 is 0 Å². The Morgan fingerprint density at radius 3 is 1.51 bits per heavy atom. The molecule has 4 heteroatoms. The summed E-state index contributed by atoms with van der Waals surface area (Å²) in [6.07, 6.45) is 0. The van der Waals surface area contributed by atoms with E-state index in [-0.39, 0.29) is 5.28 Å². The maximum Gasteiger partial charge on any atom is 0.226 e. The largest absolute Gasteiger partial charge is 0.226 e. The molecule has 0 aliphatic rings. The second kappa shape index (κ2) is 11.2. The fourth-order valence-corrected chi connectivity index (χ4v) is 7.13. The average Bonchev–Trinajstić information content (AvgIpc) is 3.13. The summed E-state index contributed by atoms with van der Waals surface area (Å²) in [5.74, 6) is 1.07. The van der Waals surface area contributed by atoms with Gasteiger partial charge in [-0.05, 0) is 77.4 Å². The standard InChI is InChI=1S/C43H26ClN3/c44-43-46-41(38-20-8-7-19-34(38)33-21-9-14-27-11-1-4-16-30(27)33)45-42(47-43)39-26-25-35-31-17-5-3-13-29(31)23-24-37(35)40(39)36-22-10-15-28-12-2-6-18-32(28)36/h1-26H. The van der Waals surface area contributed by atoms with Crippen LogP contribution in [0.15, 0.2) is 158 Å². The summed E-state index contributed by atoms with van der Waals surface area (Å²) in [5, 5.41) is 9.55. The van der Waals surface area contributed by atoms with Crippen LogP contribution in [0.1, 0.15) is 0 Å². The highest BCUT2D eigenvalue weighted by atomic mass is 35.5. The number of hydrogen-bond donors (Lipinski definition) is 0. The van der Waals surface area contributed by atoms with E-state index in [4.69, 9.17) is 26.6 Å². The van der Waals surface area contributed by atoms with Crippen LogP contribution in [0.3, 0.4) is 0 Å². The van der Waals surface area contributed by atoms with Crippen molar-refractivity contribution in [1.82, 2.24) is 15.0 Å². The highest BCUT2D eigenvalue weighted by Crippen LogP contribution is 2.43. The van der Waals surface area contributed by atoms with Crippen LogP contribution in [0.4, 0.5) is 0 Å². The molecular weight excluding hydrogens is 594 g/mol. The van der Waals surface area contributed by atoms with Gasteiger partial charge in [0.1, 0.15) is 0 Å². The number of hydrogen-bond acceptors (Lipinski definition) is 3. The second-order valence-electron chi connectivity index (χ2n) is 11.7. The first-order chi connectivity index (χ1) is 23.2. The van der Waals surface area contributed by atoms with Crippen molar-refractivity contribution in [3.05, 3.63) is 163 Å². The van der Waals surface area contributed by atoms with Crippen LogP contribution in [-0.4, -0.2) is 15.0 Å². The number of nitrogens with zero attached hydrogens (tertiary/aromatic N) is 3. The van der Waals surface area contributed by atoms with E-state index in [0.29, 0.717) is 11.6 Å². The van der Waals surface area contributed by atoms with Gasteiger partial charge in [-0.15, -0.1) is 0 Å². The first-order valence-electron chi connectivity index (χ1n) is 15.6. The van der Waals surface area contributed by atoms with Crippen LogP contribution in [0.25, 0.3) is 88.1 Å². The number of fused-ring (bicyclic) bond motifs is 5. The van der Waals surface area contributed by atoms with Gasteiger partial charge in [-0.25, -0.2) is 4.98 Å². The lowest BCUT2D eigenvalue weighted by molar-refractivity contribution is 1.07. The Labute approximate surface area is 276 Å². The van der Waals surface area contributed by atoms with Crippen molar-refractivity contribution in [3.63, 3.8) is 0 Å². The fourth-order valence-electron chi connectivity index (χ4n) is 6.97. The topological polar surface area (TPSA) is 38.7 Å². The zero-order chi connectivity index (χ0) is 31.3. The van der Waals surface area contributed by atoms with E-state index in [2.05, 4.69) is 152 Å². The molecule has 0 spiro atoms. The van der Waals surface area contributed by atoms with Crippen molar-refractivity contribution in [2.45, 2.75) is 0 Å². The molecule has 0 N–H and O–H groups in total. The van der Waals surface area contributed by atoms with Crippen molar-refractivity contribution < 1.29 is 0 Å². The van der Waals surface area contributed by atoms with Gasteiger partial charge in [0, 0.05) is 16.7 Å². The van der Waals surface area contributed by atoms with E-state index < -0.39 is 0 Å². The van der Waals surface area contributed by atoms with E-state index in [1.165, 1.54) is 37.7 Å². The van der Waals surface area contributed by atoms with E-state index in [9.17, 15) is 0 Å². The van der Waals surface area contributed by atoms with Gasteiger partial charge in [-0.3, -0.25) is 0 Å². The Hall–Kier alpha value is -5.90. The quantitative estimate of drug-likeness (QED) is 0.184. The Bertz CT molecular complexity index is 2650. The van der Waals surface area contributed by atoms with Gasteiger partial charge >= 0.3 is 0 Å². The lowest BCUT2D eigenvalue weighted by atomic mass is 9.88. The SMILES string of the molecule is Clc1nc(-c2ccccc2-c2cccc3ccccc23)nc(-c2ccc3c(ccc4ccccc43)c2-c2cccc3ccccc23)n1. The minimum Gasteiger partial charge on any atom is -0.208 e. The Balaban J connectivity index is 1.32. The lowest BCUT2D eigenvalue weighted by Crippen LogP contribution is -2.00. The summed E-state index contributed by atoms with van der Waals surface area (Å²) in [6, 6.07) is 55.3. The Morgan fingerprint density at radius 2 is 0.787 bits per heavy atom. The fraction of sp³-hybridized carbons (Fsp3) is 0. The Morgan fingerprint density at radius 1 is 0.298 bits per heavy atom. The smallest absolute Gasteiger partial charge is 0.208 e. The van der Waals surface area contributed by atoms with Crippen LogP contribution in [0.2, 0.25) is 5.28 Å². The molecule has 1 heterocycles. The van der Waals surface area contributed by atoms with Gasteiger partial charge in [0.15, 0.2) is 11.6 Å². The predicted octanol–water partition coefficient (Wildman–Crippen LogP) is 11.8. The predicted molar refractivity (Wildman–Crippen MR) is 197 cm³/mol. The van der Waals surface area contributed by atoms with Crippen molar-refractivity contribution in [3.8, 4) is 45.0 Å². The van der Waals surface area contributed by atoms with Crippen molar-refractivity contribution >= 4 is 54.7 Å². The van der Waals surface area contributed by atoms with Gasteiger partial charge in [0.25, 0.3) is 0 Å². The number of rotatable bonds is 4. The number of benzene rings is 8. The van der Waals surface area contributed by atoms with Gasteiger partial charge in [-0.2, -0.15) is 9.97 Å². The molecule has 0 fully saturated rings. The zero-order valence-electron chi connectivity index (χ0n) is 25.2. The van der Waals surface area contributed by atoms with E-state index in [1.54, 1.807) is 0 Å². The highest BCUT2D eigenvalue weighted by Gasteiger charge is 2.20. The van der Waals surface area contributed by atoms with Crippen LogP contribution in [0.5, 0.6) is 0 Å². The third-order valence-corrected chi connectivity index (χ3v) is 9.25.